The van der Waals surface area contributed by atoms with Gasteiger partial charge in [0.05, 0.1) is 13.0 Å². The third kappa shape index (κ3) is 5.45. The number of amides is 2. The minimum absolute atomic E-state index is 0.150. The van der Waals surface area contributed by atoms with E-state index in [2.05, 4.69) is 4.90 Å². The highest BCUT2D eigenvalue weighted by Gasteiger charge is 2.23. The molecule has 2 saturated heterocycles. The number of hydrogen-bond donors (Lipinski definition) is 0. The molecule has 1 aromatic carbocycles. The molecule has 0 unspecified atom stereocenters. The summed E-state index contributed by atoms with van der Waals surface area (Å²) in [6.45, 7) is 5.40. The molecule has 3 rings (SSSR count). The second-order valence-corrected chi connectivity index (χ2v) is 7.69. The van der Waals surface area contributed by atoms with E-state index in [1.165, 1.54) is 6.42 Å². The number of carbonyl (C=O) groups is 2. The molecule has 0 aliphatic carbocycles. The summed E-state index contributed by atoms with van der Waals surface area (Å²) in [5.41, 5.74) is 0.987. The summed E-state index contributed by atoms with van der Waals surface area (Å²) in [5, 5.41) is 0.685. The van der Waals surface area contributed by atoms with Crippen LogP contribution in [0.25, 0.3) is 0 Å². The molecule has 2 amide bonds. The Morgan fingerprint density at radius 1 is 0.769 bits per heavy atom. The van der Waals surface area contributed by atoms with Crippen LogP contribution in [0.4, 0.5) is 0 Å². The van der Waals surface area contributed by atoms with Gasteiger partial charge in [0, 0.05) is 44.3 Å². The molecule has 0 atom stereocenters. The summed E-state index contributed by atoms with van der Waals surface area (Å²) >= 11 is 5.90. The fourth-order valence-corrected chi connectivity index (χ4v) is 3.83. The highest BCUT2D eigenvalue weighted by Crippen LogP contribution is 2.13. The standard InChI is InChI=1S/C20H28ClN3O2/c21-18-7-5-17(6-8-18)15-19(25)24-12-4-9-22(13-14-24)16-20(26)23-10-2-1-3-11-23/h5-8H,1-4,9-16H2. The van der Waals surface area contributed by atoms with Gasteiger partial charge in [-0.3, -0.25) is 14.5 Å². The Kier molecular flexibility index (Phi) is 6.92. The number of benzene rings is 1. The molecule has 0 spiro atoms. The molecule has 2 heterocycles. The van der Waals surface area contributed by atoms with Crippen LogP contribution in [0.2, 0.25) is 5.02 Å². The minimum Gasteiger partial charge on any atom is -0.342 e. The van der Waals surface area contributed by atoms with Crippen molar-refractivity contribution < 1.29 is 9.59 Å². The van der Waals surface area contributed by atoms with Crippen LogP contribution < -0.4 is 0 Å². The average Bonchev–Trinajstić information content (AvgIpc) is 2.90. The number of hydrogen-bond acceptors (Lipinski definition) is 3. The lowest BCUT2D eigenvalue weighted by atomic mass is 10.1. The Morgan fingerprint density at radius 3 is 2.15 bits per heavy atom. The molecule has 2 aliphatic heterocycles. The highest BCUT2D eigenvalue weighted by molar-refractivity contribution is 6.30. The predicted molar refractivity (Wildman–Crippen MR) is 103 cm³/mol. The van der Waals surface area contributed by atoms with Crippen molar-refractivity contribution in [3.8, 4) is 0 Å². The molecule has 0 radical (unpaired) electrons. The van der Waals surface area contributed by atoms with E-state index in [1.54, 1.807) is 0 Å². The zero-order valence-electron chi connectivity index (χ0n) is 15.3. The summed E-state index contributed by atoms with van der Waals surface area (Å²) in [6.07, 6.45) is 4.80. The fraction of sp³-hybridized carbons (Fsp3) is 0.600. The molecule has 142 valence electrons. The molecule has 26 heavy (non-hydrogen) atoms. The zero-order chi connectivity index (χ0) is 18.4. The van der Waals surface area contributed by atoms with Crippen molar-refractivity contribution in [1.29, 1.82) is 0 Å². The van der Waals surface area contributed by atoms with Crippen LogP contribution in [0.5, 0.6) is 0 Å². The van der Waals surface area contributed by atoms with Crippen LogP contribution >= 0.6 is 11.6 Å². The summed E-state index contributed by atoms with van der Waals surface area (Å²) in [5.74, 6) is 0.391. The second-order valence-electron chi connectivity index (χ2n) is 7.26. The van der Waals surface area contributed by atoms with Crippen molar-refractivity contribution in [1.82, 2.24) is 14.7 Å². The Balaban J connectivity index is 1.47. The van der Waals surface area contributed by atoms with Crippen LogP contribution in [0.1, 0.15) is 31.2 Å². The first-order chi connectivity index (χ1) is 12.6. The van der Waals surface area contributed by atoms with Crippen LogP contribution in [-0.4, -0.2) is 72.3 Å². The predicted octanol–water partition coefficient (Wildman–Crippen LogP) is 2.43. The molecule has 0 saturated carbocycles. The van der Waals surface area contributed by atoms with Gasteiger partial charge in [0.25, 0.3) is 0 Å². The third-order valence-electron chi connectivity index (χ3n) is 5.28. The number of nitrogens with zero attached hydrogens (tertiary/aromatic N) is 3. The van der Waals surface area contributed by atoms with Crippen molar-refractivity contribution in [3.05, 3.63) is 34.9 Å². The van der Waals surface area contributed by atoms with Crippen LogP contribution in [-0.2, 0) is 16.0 Å². The first-order valence-corrected chi connectivity index (χ1v) is 10.0. The van der Waals surface area contributed by atoms with Gasteiger partial charge >= 0.3 is 0 Å². The molecule has 6 heteroatoms. The van der Waals surface area contributed by atoms with Gasteiger partial charge in [-0.2, -0.15) is 0 Å². The monoisotopic (exact) mass is 377 g/mol. The number of likely N-dealkylation sites (tertiary alicyclic amines) is 1. The maximum Gasteiger partial charge on any atom is 0.236 e. The van der Waals surface area contributed by atoms with Crippen molar-refractivity contribution in [2.45, 2.75) is 32.1 Å². The van der Waals surface area contributed by atoms with Crippen molar-refractivity contribution >= 4 is 23.4 Å². The van der Waals surface area contributed by atoms with E-state index in [0.29, 0.717) is 24.5 Å². The molecule has 0 aromatic heterocycles. The molecular formula is C20H28ClN3O2. The van der Waals surface area contributed by atoms with E-state index >= 15 is 0 Å². The SMILES string of the molecule is O=C(Cc1ccc(Cl)cc1)N1CCCN(CC(=O)N2CCCCC2)CC1. The quantitative estimate of drug-likeness (QED) is 0.809. The third-order valence-corrected chi connectivity index (χ3v) is 5.53. The molecule has 5 nitrogen and oxygen atoms in total. The average molecular weight is 378 g/mol. The van der Waals surface area contributed by atoms with Gasteiger partial charge in [-0.25, -0.2) is 0 Å². The van der Waals surface area contributed by atoms with Crippen LogP contribution in [0.3, 0.4) is 0 Å². The van der Waals surface area contributed by atoms with Crippen molar-refractivity contribution in [2.75, 3.05) is 45.8 Å². The van der Waals surface area contributed by atoms with E-state index in [4.69, 9.17) is 11.6 Å². The fourth-order valence-electron chi connectivity index (χ4n) is 3.70. The highest BCUT2D eigenvalue weighted by atomic mass is 35.5. The van der Waals surface area contributed by atoms with Gasteiger partial charge in [-0.15, -0.1) is 0 Å². The summed E-state index contributed by atoms with van der Waals surface area (Å²) in [6, 6.07) is 7.45. The topological polar surface area (TPSA) is 43.9 Å². The molecular weight excluding hydrogens is 350 g/mol. The first-order valence-electron chi connectivity index (χ1n) is 9.64. The molecule has 0 N–H and O–H groups in total. The second kappa shape index (κ2) is 9.38. The Morgan fingerprint density at radius 2 is 1.42 bits per heavy atom. The van der Waals surface area contributed by atoms with Gasteiger partial charge in [-0.1, -0.05) is 23.7 Å². The van der Waals surface area contributed by atoms with E-state index in [0.717, 1.165) is 57.5 Å². The lowest BCUT2D eigenvalue weighted by molar-refractivity contribution is -0.133. The molecule has 2 fully saturated rings. The molecule has 0 bridgehead atoms. The van der Waals surface area contributed by atoms with Gasteiger partial charge in [0.2, 0.25) is 11.8 Å². The number of halogens is 1. The minimum atomic E-state index is 0.150. The van der Waals surface area contributed by atoms with Gasteiger partial charge in [0.15, 0.2) is 0 Å². The zero-order valence-corrected chi connectivity index (χ0v) is 16.1. The van der Waals surface area contributed by atoms with Crippen LogP contribution in [0, 0.1) is 0 Å². The molecule has 1 aromatic rings. The van der Waals surface area contributed by atoms with Gasteiger partial charge in [0.1, 0.15) is 0 Å². The van der Waals surface area contributed by atoms with Crippen molar-refractivity contribution in [3.63, 3.8) is 0 Å². The maximum atomic E-state index is 12.6. The van der Waals surface area contributed by atoms with Crippen LogP contribution in [0.15, 0.2) is 24.3 Å². The normalized spacial score (nSPS) is 19.3. The summed E-state index contributed by atoms with van der Waals surface area (Å²) in [4.78, 5) is 31.2. The van der Waals surface area contributed by atoms with Gasteiger partial charge in [-0.05, 0) is 43.4 Å². The van der Waals surface area contributed by atoms with E-state index < -0.39 is 0 Å². The number of piperidine rings is 1. The lowest BCUT2D eigenvalue weighted by Crippen LogP contribution is -2.44. The Labute approximate surface area is 160 Å². The maximum absolute atomic E-state index is 12.6. The van der Waals surface area contributed by atoms with E-state index in [-0.39, 0.29) is 11.8 Å². The van der Waals surface area contributed by atoms with E-state index in [1.807, 2.05) is 34.1 Å². The Hall–Kier alpha value is -1.59. The smallest absolute Gasteiger partial charge is 0.236 e. The largest absolute Gasteiger partial charge is 0.342 e. The summed E-state index contributed by atoms with van der Waals surface area (Å²) in [7, 11) is 0. The number of rotatable bonds is 4. The van der Waals surface area contributed by atoms with E-state index in [9.17, 15) is 9.59 Å². The summed E-state index contributed by atoms with van der Waals surface area (Å²) < 4.78 is 0. The lowest BCUT2D eigenvalue weighted by Gasteiger charge is -2.29. The number of carbonyl (C=O) groups excluding carboxylic acids is 2. The van der Waals surface area contributed by atoms with Crippen molar-refractivity contribution in [2.24, 2.45) is 0 Å². The van der Waals surface area contributed by atoms with Gasteiger partial charge < -0.3 is 9.80 Å². The Bertz CT molecular complexity index is 614. The molecule has 2 aliphatic rings. The first kappa shape index (κ1) is 19.2.